The highest BCUT2D eigenvalue weighted by atomic mass is 16.5. The Kier molecular flexibility index (Phi) is 7.37. The molecule has 2 N–H and O–H groups in total. The number of H-pyrrole nitrogens is 1. The summed E-state index contributed by atoms with van der Waals surface area (Å²) in [6.45, 7) is 5.22. The number of rotatable bonds is 7. The Morgan fingerprint density at radius 2 is 1.80 bits per heavy atom. The lowest BCUT2D eigenvalue weighted by molar-refractivity contribution is -0.138. The van der Waals surface area contributed by atoms with Gasteiger partial charge in [-0.1, -0.05) is 12.1 Å². The first-order chi connectivity index (χ1) is 20.1. The molecule has 9 nitrogen and oxygen atoms in total. The number of nitrogens with one attached hydrogen (secondary N) is 1. The molecule has 0 spiro atoms. The van der Waals surface area contributed by atoms with Crippen molar-refractivity contribution in [1.29, 1.82) is 0 Å². The van der Waals surface area contributed by atoms with Gasteiger partial charge in [-0.3, -0.25) is 9.78 Å². The Labute approximate surface area is 241 Å². The maximum Gasteiger partial charge on any atom is 0.225 e. The number of hydrogen-bond donors (Lipinski definition) is 2. The maximum atomic E-state index is 13.3. The van der Waals surface area contributed by atoms with Gasteiger partial charge in [0.2, 0.25) is 5.91 Å². The van der Waals surface area contributed by atoms with Gasteiger partial charge in [-0.05, 0) is 80.9 Å². The van der Waals surface area contributed by atoms with Crippen LogP contribution in [0.1, 0.15) is 61.0 Å². The van der Waals surface area contributed by atoms with Crippen LogP contribution in [-0.4, -0.2) is 93.4 Å². The Bertz CT molecular complexity index is 1380. The number of pyridine rings is 1. The standard InChI is InChI=1S/C32H40N6O3/c1-41-19-18-36-14-8-23(9-15-36)32(39)37-16-10-22(11-17-37)31-34-28(21-6-12-33-13-7-21)29(35-31)25-2-4-26-24(20-25)3-5-27-30(26)38(27)40/h2,4,6-7,12-13,20,22-23,27,30,40H,3,5,8-11,14-19H2,1H3,(H,34,35). The molecule has 3 atom stereocenters. The number of carbonyl (C=O) groups is 1. The Morgan fingerprint density at radius 3 is 2.56 bits per heavy atom. The zero-order chi connectivity index (χ0) is 27.9. The summed E-state index contributed by atoms with van der Waals surface area (Å²) in [5.41, 5.74) is 6.70. The van der Waals surface area contributed by atoms with Gasteiger partial charge in [0.25, 0.3) is 0 Å². The minimum Gasteiger partial charge on any atom is -0.383 e. The van der Waals surface area contributed by atoms with Gasteiger partial charge < -0.3 is 24.7 Å². The zero-order valence-electron chi connectivity index (χ0n) is 23.8. The lowest BCUT2D eigenvalue weighted by Gasteiger charge is -2.37. The SMILES string of the molecule is COCCN1CCC(C(=O)N2CCC(c3nc(-c4ccc5c(c4)CCC4C5N4O)c(-c4ccncc4)[nH]3)CC2)CC1. The average Bonchev–Trinajstić information content (AvgIpc) is 3.48. The van der Waals surface area contributed by atoms with Gasteiger partial charge >= 0.3 is 0 Å². The van der Waals surface area contributed by atoms with E-state index in [-0.39, 0.29) is 23.9 Å². The monoisotopic (exact) mass is 556 g/mol. The molecular weight excluding hydrogens is 516 g/mol. The van der Waals surface area contributed by atoms with Crippen molar-refractivity contribution in [1.82, 2.24) is 29.8 Å². The Morgan fingerprint density at radius 1 is 1.02 bits per heavy atom. The number of hydroxylamine groups is 2. The molecule has 9 heteroatoms. The number of hydrogen-bond acceptors (Lipinski definition) is 7. The number of aromatic nitrogens is 3. The number of fused-ring (bicyclic) bond motifs is 3. The Hall–Kier alpha value is -3.11. The fraction of sp³-hybridized carbons (Fsp3) is 0.531. The number of imidazole rings is 1. The maximum absolute atomic E-state index is 13.3. The summed E-state index contributed by atoms with van der Waals surface area (Å²) in [5.74, 6) is 1.77. The van der Waals surface area contributed by atoms with Crippen molar-refractivity contribution in [3.05, 3.63) is 59.7 Å². The highest BCUT2D eigenvalue weighted by Gasteiger charge is 2.51. The van der Waals surface area contributed by atoms with Crippen molar-refractivity contribution in [2.45, 2.75) is 56.5 Å². The first-order valence-electron chi connectivity index (χ1n) is 15.2. The third kappa shape index (κ3) is 5.20. The molecule has 5 heterocycles. The average molecular weight is 557 g/mol. The van der Waals surface area contributed by atoms with Gasteiger partial charge in [-0.2, -0.15) is 5.06 Å². The molecule has 1 amide bonds. The minimum atomic E-state index is 0.145. The van der Waals surface area contributed by atoms with Crippen molar-refractivity contribution >= 4 is 5.91 Å². The van der Waals surface area contributed by atoms with Crippen LogP contribution in [0.3, 0.4) is 0 Å². The van der Waals surface area contributed by atoms with E-state index in [0.29, 0.717) is 5.91 Å². The molecule has 3 unspecified atom stereocenters. The van der Waals surface area contributed by atoms with Crippen LogP contribution in [0.5, 0.6) is 0 Å². The number of benzene rings is 1. The Balaban J connectivity index is 1.06. The second-order valence-electron chi connectivity index (χ2n) is 12.1. The number of methoxy groups -OCH3 is 1. The predicted molar refractivity (Wildman–Crippen MR) is 155 cm³/mol. The van der Waals surface area contributed by atoms with Crippen LogP contribution >= 0.6 is 0 Å². The van der Waals surface area contributed by atoms with Crippen molar-refractivity contribution in [2.24, 2.45) is 5.92 Å². The number of nitrogens with zero attached hydrogens (tertiary/aromatic N) is 5. The summed E-state index contributed by atoms with van der Waals surface area (Å²) in [7, 11) is 1.74. The second kappa shape index (κ2) is 11.3. The number of aryl methyl sites for hydroxylation is 1. The van der Waals surface area contributed by atoms with Crippen LogP contribution in [0.15, 0.2) is 42.7 Å². The van der Waals surface area contributed by atoms with Crippen molar-refractivity contribution < 1.29 is 14.7 Å². The molecule has 2 aromatic heterocycles. The normalized spacial score (nSPS) is 25.1. The van der Waals surface area contributed by atoms with Crippen LogP contribution in [-0.2, 0) is 16.0 Å². The van der Waals surface area contributed by atoms with Crippen LogP contribution in [0, 0.1) is 5.92 Å². The lowest BCUT2D eigenvalue weighted by atomic mass is 9.89. The van der Waals surface area contributed by atoms with E-state index in [0.717, 1.165) is 106 Å². The van der Waals surface area contributed by atoms with Crippen LogP contribution in [0.25, 0.3) is 22.5 Å². The molecule has 0 radical (unpaired) electrons. The number of ether oxygens (including phenoxy) is 1. The molecule has 7 rings (SSSR count). The molecule has 4 aliphatic rings. The summed E-state index contributed by atoms with van der Waals surface area (Å²) in [5, 5.41) is 11.6. The highest BCUT2D eigenvalue weighted by Crippen LogP contribution is 2.49. The van der Waals surface area contributed by atoms with E-state index in [9.17, 15) is 10.0 Å². The first-order valence-corrected chi connectivity index (χ1v) is 15.2. The smallest absolute Gasteiger partial charge is 0.225 e. The van der Waals surface area contributed by atoms with E-state index in [1.165, 1.54) is 16.2 Å². The second-order valence-corrected chi connectivity index (χ2v) is 12.1. The molecular formula is C32H40N6O3. The van der Waals surface area contributed by atoms with Gasteiger partial charge in [-0.25, -0.2) is 4.98 Å². The van der Waals surface area contributed by atoms with E-state index in [1.807, 2.05) is 24.5 Å². The fourth-order valence-electron chi connectivity index (χ4n) is 7.24. The largest absolute Gasteiger partial charge is 0.383 e. The molecule has 41 heavy (non-hydrogen) atoms. The van der Waals surface area contributed by atoms with Crippen molar-refractivity contribution in [3.63, 3.8) is 0 Å². The number of carbonyl (C=O) groups excluding carboxylic acids is 1. The van der Waals surface area contributed by atoms with Crippen LogP contribution in [0.2, 0.25) is 0 Å². The molecule has 0 saturated carbocycles. The summed E-state index contributed by atoms with van der Waals surface area (Å²) < 4.78 is 5.21. The van der Waals surface area contributed by atoms with Crippen LogP contribution < -0.4 is 0 Å². The summed E-state index contributed by atoms with van der Waals surface area (Å²) in [4.78, 5) is 31.0. The number of amides is 1. The number of piperidine rings is 2. The third-order valence-electron chi connectivity index (χ3n) is 9.78. The summed E-state index contributed by atoms with van der Waals surface area (Å²) in [6.07, 6.45) is 9.33. The van der Waals surface area contributed by atoms with Crippen molar-refractivity contribution in [2.75, 3.05) is 46.4 Å². The van der Waals surface area contributed by atoms with Gasteiger partial charge in [0.05, 0.1) is 30.1 Å². The van der Waals surface area contributed by atoms with Crippen molar-refractivity contribution in [3.8, 4) is 22.5 Å². The topological polar surface area (TPSA) is 97.6 Å². The van der Waals surface area contributed by atoms with Gasteiger partial charge in [0.1, 0.15) is 5.82 Å². The fourth-order valence-corrected chi connectivity index (χ4v) is 7.24. The molecule has 216 valence electrons. The van der Waals surface area contributed by atoms with E-state index in [4.69, 9.17) is 9.72 Å². The third-order valence-corrected chi connectivity index (χ3v) is 9.78. The summed E-state index contributed by atoms with van der Waals surface area (Å²) >= 11 is 0. The quantitative estimate of drug-likeness (QED) is 0.420. The minimum absolute atomic E-state index is 0.145. The molecule has 3 saturated heterocycles. The number of aromatic amines is 1. The zero-order valence-corrected chi connectivity index (χ0v) is 23.8. The van der Waals surface area contributed by atoms with Crippen LogP contribution in [0.4, 0.5) is 0 Å². The molecule has 1 aromatic carbocycles. The highest BCUT2D eigenvalue weighted by molar-refractivity contribution is 5.80. The van der Waals surface area contributed by atoms with E-state index in [2.05, 4.69) is 38.0 Å². The first kappa shape index (κ1) is 26.8. The molecule has 1 aliphatic carbocycles. The summed E-state index contributed by atoms with van der Waals surface area (Å²) in [6, 6.07) is 11.1. The van der Waals surface area contributed by atoms with E-state index < -0.39 is 0 Å². The van der Waals surface area contributed by atoms with E-state index >= 15 is 0 Å². The van der Waals surface area contributed by atoms with Gasteiger partial charge in [0, 0.05) is 62.1 Å². The molecule has 3 aliphatic heterocycles. The van der Waals surface area contributed by atoms with Gasteiger partial charge in [-0.15, -0.1) is 0 Å². The van der Waals surface area contributed by atoms with Gasteiger partial charge in [0.15, 0.2) is 0 Å². The number of likely N-dealkylation sites (tertiary alicyclic amines) is 2. The van der Waals surface area contributed by atoms with E-state index in [1.54, 1.807) is 7.11 Å². The molecule has 3 fully saturated rings. The predicted octanol–water partition coefficient (Wildman–Crippen LogP) is 4.26. The lowest BCUT2D eigenvalue weighted by Crippen LogP contribution is -2.45. The molecule has 3 aromatic rings. The molecule has 0 bridgehead atoms.